The van der Waals surface area contributed by atoms with Crippen LogP contribution >= 0.6 is 0 Å². The standard InChI is InChI=1S/C33H33N5O6/c1-21(39)44-33(41)38-27-18-29(43-20-23-11-7-4-8-12-23)28(42-2)17-26(27)30(32(40)36-19-22-9-5-3-6-10-22)37-25-15-13-24(14-16-25)31(34)35/h3-18,30,37H,19-20H2,1-2H3,(H3,34,35)(H,36,40)(H,38,41). The van der Waals surface area contributed by atoms with Crippen molar-refractivity contribution in [3.05, 3.63) is 119 Å². The highest BCUT2D eigenvalue weighted by Crippen LogP contribution is 2.38. The van der Waals surface area contributed by atoms with E-state index in [1.165, 1.54) is 13.2 Å². The number of hydrogen-bond donors (Lipinski definition) is 5. The largest absolute Gasteiger partial charge is 0.493 e. The van der Waals surface area contributed by atoms with E-state index < -0.39 is 24.0 Å². The van der Waals surface area contributed by atoms with Crippen molar-refractivity contribution < 1.29 is 28.6 Å². The summed E-state index contributed by atoms with van der Waals surface area (Å²) in [4.78, 5) is 37.9. The monoisotopic (exact) mass is 595 g/mol. The number of carbonyl (C=O) groups is 3. The summed E-state index contributed by atoms with van der Waals surface area (Å²) in [6, 6.07) is 27.5. The Balaban J connectivity index is 1.75. The number of hydrogen-bond acceptors (Lipinski definition) is 8. The first-order valence-electron chi connectivity index (χ1n) is 13.6. The van der Waals surface area contributed by atoms with Gasteiger partial charge in [0.25, 0.3) is 0 Å². The van der Waals surface area contributed by atoms with E-state index in [-0.39, 0.29) is 30.4 Å². The summed E-state index contributed by atoms with van der Waals surface area (Å²) in [5.74, 6) is -0.741. The zero-order chi connectivity index (χ0) is 31.5. The minimum Gasteiger partial charge on any atom is -0.493 e. The van der Waals surface area contributed by atoms with Crippen LogP contribution in [0.2, 0.25) is 0 Å². The van der Waals surface area contributed by atoms with Crippen molar-refractivity contribution in [1.82, 2.24) is 5.32 Å². The van der Waals surface area contributed by atoms with Crippen molar-refractivity contribution >= 4 is 35.2 Å². The van der Waals surface area contributed by atoms with Crippen LogP contribution in [0.3, 0.4) is 0 Å². The van der Waals surface area contributed by atoms with Gasteiger partial charge in [-0.25, -0.2) is 4.79 Å². The number of carbonyl (C=O) groups excluding carboxylic acids is 3. The molecule has 226 valence electrons. The molecule has 0 bridgehead atoms. The minimum atomic E-state index is -1.08. The fourth-order valence-corrected chi connectivity index (χ4v) is 4.28. The lowest BCUT2D eigenvalue weighted by molar-refractivity contribution is -0.134. The van der Waals surface area contributed by atoms with Crippen LogP contribution in [0.5, 0.6) is 11.5 Å². The number of benzene rings is 4. The number of nitrogens with two attached hydrogens (primary N) is 1. The Morgan fingerprint density at radius 1 is 0.864 bits per heavy atom. The average molecular weight is 596 g/mol. The Morgan fingerprint density at radius 3 is 2.09 bits per heavy atom. The van der Waals surface area contributed by atoms with Crippen LogP contribution in [0.15, 0.2) is 97.1 Å². The lowest BCUT2D eigenvalue weighted by Crippen LogP contribution is -2.34. The summed E-state index contributed by atoms with van der Waals surface area (Å²) in [7, 11) is 1.46. The van der Waals surface area contributed by atoms with Crippen molar-refractivity contribution in [3.8, 4) is 11.5 Å². The molecular formula is C33H33N5O6. The van der Waals surface area contributed by atoms with Crippen LogP contribution in [-0.2, 0) is 27.5 Å². The number of esters is 1. The second-order valence-corrected chi connectivity index (χ2v) is 9.64. The van der Waals surface area contributed by atoms with E-state index in [2.05, 4.69) is 16.0 Å². The Hall–Kier alpha value is -5.84. The second-order valence-electron chi connectivity index (χ2n) is 9.64. The maximum atomic E-state index is 13.8. The van der Waals surface area contributed by atoms with Gasteiger partial charge in [-0.2, -0.15) is 0 Å². The topological polar surface area (TPSA) is 165 Å². The van der Waals surface area contributed by atoms with Crippen LogP contribution < -0.4 is 31.2 Å². The quantitative estimate of drug-likeness (QED) is 0.0651. The molecule has 0 spiro atoms. The molecule has 4 aromatic rings. The normalized spacial score (nSPS) is 11.0. The summed E-state index contributed by atoms with van der Waals surface area (Å²) >= 11 is 0. The van der Waals surface area contributed by atoms with E-state index in [9.17, 15) is 14.4 Å². The number of anilines is 2. The summed E-state index contributed by atoms with van der Waals surface area (Å²) in [5, 5.41) is 16.4. The Morgan fingerprint density at radius 2 is 1.50 bits per heavy atom. The number of rotatable bonds is 12. The average Bonchev–Trinajstić information content (AvgIpc) is 3.02. The predicted molar refractivity (Wildman–Crippen MR) is 167 cm³/mol. The predicted octanol–water partition coefficient (Wildman–Crippen LogP) is 5.12. The van der Waals surface area contributed by atoms with E-state index in [1.54, 1.807) is 30.3 Å². The van der Waals surface area contributed by atoms with Gasteiger partial charge in [-0.3, -0.25) is 20.3 Å². The summed E-state index contributed by atoms with van der Waals surface area (Å²) < 4.78 is 16.4. The lowest BCUT2D eigenvalue weighted by atomic mass is 10.0. The van der Waals surface area contributed by atoms with Gasteiger partial charge in [0.15, 0.2) is 11.5 Å². The van der Waals surface area contributed by atoms with E-state index in [1.807, 2.05) is 60.7 Å². The van der Waals surface area contributed by atoms with Crippen molar-refractivity contribution in [1.29, 1.82) is 5.41 Å². The Bertz CT molecular complexity index is 1610. The molecule has 11 nitrogen and oxygen atoms in total. The number of nitrogen functional groups attached to an aromatic ring is 1. The SMILES string of the molecule is COc1cc(C(Nc2ccc(C(=N)N)cc2)C(=O)NCc2ccccc2)c(NC(=O)OC(C)=O)cc1OCc1ccccc1. The molecule has 1 atom stereocenters. The second kappa shape index (κ2) is 14.9. The van der Waals surface area contributed by atoms with Crippen LogP contribution in [0.4, 0.5) is 16.2 Å². The van der Waals surface area contributed by atoms with Crippen molar-refractivity contribution in [2.45, 2.75) is 26.1 Å². The van der Waals surface area contributed by atoms with Gasteiger partial charge in [0.1, 0.15) is 18.5 Å². The van der Waals surface area contributed by atoms with E-state index in [4.69, 9.17) is 25.4 Å². The van der Waals surface area contributed by atoms with Crippen molar-refractivity contribution in [2.24, 2.45) is 5.73 Å². The number of nitrogens with one attached hydrogen (secondary N) is 4. The highest BCUT2D eigenvalue weighted by Gasteiger charge is 2.27. The molecule has 0 saturated carbocycles. The first-order chi connectivity index (χ1) is 21.2. The van der Waals surface area contributed by atoms with Crippen LogP contribution in [0, 0.1) is 5.41 Å². The molecule has 0 heterocycles. The zero-order valence-electron chi connectivity index (χ0n) is 24.3. The maximum Gasteiger partial charge on any atom is 0.419 e. The number of ether oxygens (including phenoxy) is 3. The molecule has 0 radical (unpaired) electrons. The molecular weight excluding hydrogens is 562 g/mol. The first-order valence-corrected chi connectivity index (χ1v) is 13.6. The molecule has 0 aromatic heterocycles. The molecule has 44 heavy (non-hydrogen) atoms. The zero-order valence-corrected chi connectivity index (χ0v) is 24.3. The molecule has 0 aliphatic carbocycles. The van der Waals surface area contributed by atoms with E-state index in [0.717, 1.165) is 18.1 Å². The van der Waals surface area contributed by atoms with Gasteiger partial charge in [-0.1, -0.05) is 60.7 Å². The highest BCUT2D eigenvalue weighted by molar-refractivity contribution is 5.96. The molecule has 4 rings (SSSR count). The minimum absolute atomic E-state index is 0.0972. The fraction of sp³-hybridized carbons (Fsp3) is 0.152. The molecule has 0 saturated heterocycles. The number of amidine groups is 1. The van der Waals surface area contributed by atoms with Crippen LogP contribution in [-0.4, -0.2) is 30.9 Å². The van der Waals surface area contributed by atoms with Crippen molar-refractivity contribution in [2.75, 3.05) is 17.7 Å². The first kappa shape index (κ1) is 31.1. The molecule has 4 aromatic carbocycles. The fourth-order valence-electron chi connectivity index (χ4n) is 4.28. The van der Waals surface area contributed by atoms with Gasteiger partial charge >= 0.3 is 12.1 Å². The Kier molecular flexibility index (Phi) is 10.5. The molecule has 2 amide bonds. The van der Waals surface area contributed by atoms with Gasteiger partial charge in [-0.15, -0.1) is 0 Å². The third-order valence-electron chi connectivity index (χ3n) is 6.44. The third-order valence-corrected chi connectivity index (χ3v) is 6.44. The van der Waals surface area contributed by atoms with Crippen molar-refractivity contribution in [3.63, 3.8) is 0 Å². The maximum absolute atomic E-state index is 13.8. The van der Waals surface area contributed by atoms with Crippen LogP contribution in [0.1, 0.15) is 35.2 Å². The van der Waals surface area contributed by atoms with Gasteiger partial charge in [0.05, 0.1) is 12.8 Å². The summed E-state index contributed by atoms with van der Waals surface area (Å²) in [6.07, 6.45) is -1.04. The third kappa shape index (κ3) is 8.58. The highest BCUT2D eigenvalue weighted by atomic mass is 16.6. The summed E-state index contributed by atoms with van der Waals surface area (Å²) in [5.41, 5.74) is 8.89. The Labute approximate surface area is 254 Å². The van der Waals surface area contributed by atoms with E-state index >= 15 is 0 Å². The molecule has 1 unspecified atom stereocenters. The van der Waals surface area contributed by atoms with Crippen LogP contribution in [0.25, 0.3) is 0 Å². The smallest absolute Gasteiger partial charge is 0.419 e. The number of amides is 2. The van der Waals surface area contributed by atoms with Gasteiger partial charge < -0.3 is 30.6 Å². The van der Waals surface area contributed by atoms with Gasteiger partial charge in [-0.05, 0) is 41.5 Å². The number of methoxy groups -OCH3 is 1. The van der Waals surface area contributed by atoms with Gasteiger partial charge in [0, 0.05) is 36.3 Å². The molecule has 0 fully saturated rings. The molecule has 6 N–H and O–H groups in total. The van der Waals surface area contributed by atoms with E-state index in [0.29, 0.717) is 22.6 Å². The molecule has 11 heteroatoms. The summed E-state index contributed by atoms with van der Waals surface area (Å²) in [6.45, 7) is 1.55. The van der Waals surface area contributed by atoms with Gasteiger partial charge in [0.2, 0.25) is 5.91 Å². The molecule has 0 aliphatic rings. The lowest BCUT2D eigenvalue weighted by Gasteiger charge is -2.24. The molecule has 0 aliphatic heterocycles.